The van der Waals surface area contributed by atoms with Crippen LogP contribution in [0.25, 0.3) is 6.08 Å². The molecular formula is C24H25NO5. The fraction of sp³-hybridized carbons (Fsp3) is 0.250. The zero-order valence-corrected chi connectivity index (χ0v) is 17.6. The van der Waals surface area contributed by atoms with Crippen molar-refractivity contribution in [2.75, 3.05) is 27.9 Å². The Morgan fingerprint density at radius 1 is 1.00 bits per heavy atom. The van der Waals surface area contributed by atoms with Crippen LogP contribution in [-0.2, 0) is 20.7 Å². The molecule has 0 fully saturated rings. The molecule has 2 aromatic rings. The van der Waals surface area contributed by atoms with Crippen LogP contribution >= 0.6 is 0 Å². The minimum Gasteiger partial charge on any atom is -0.493 e. The standard InChI is InChI=1S/C24H25NO5/c1-16-21(24(27)30-4)19(15-18-11-8-12-20(28-2)22(18)29-3)23(26)25(16)14-13-17-9-6-5-7-10-17/h5-12,15H,13-14H2,1-4H3/b19-15-. The van der Waals surface area contributed by atoms with Crippen LogP contribution in [0.2, 0.25) is 0 Å². The molecule has 1 amide bonds. The molecule has 0 N–H and O–H groups in total. The Labute approximate surface area is 176 Å². The fourth-order valence-corrected chi connectivity index (χ4v) is 3.56. The van der Waals surface area contributed by atoms with Crippen LogP contribution in [0.5, 0.6) is 11.5 Å². The zero-order valence-electron chi connectivity index (χ0n) is 17.6. The van der Waals surface area contributed by atoms with Gasteiger partial charge in [-0.25, -0.2) is 4.79 Å². The molecule has 6 heteroatoms. The Balaban J connectivity index is 2.00. The summed E-state index contributed by atoms with van der Waals surface area (Å²) in [6, 6.07) is 15.3. The molecule has 156 valence electrons. The molecule has 1 aliphatic rings. The number of para-hydroxylation sites is 1. The second-order valence-corrected chi connectivity index (χ2v) is 6.79. The third-order valence-corrected chi connectivity index (χ3v) is 5.10. The van der Waals surface area contributed by atoms with Gasteiger partial charge in [-0.05, 0) is 31.1 Å². The molecule has 2 aromatic carbocycles. The largest absolute Gasteiger partial charge is 0.493 e. The summed E-state index contributed by atoms with van der Waals surface area (Å²) in [5, 5.41) is 0. The zero-order chi connectivity index (χ0) is 21.7. The smallest absolute Gasteiger partial charge is 0.340 e. The molecular weight excluding hydrogens is 382 g/mol. The molecule has 0 radical (unpaired) electrons. The van der Waals surface area contributed by atoms with E-state index < -0.39 is 5.97 Å². The molecule has 3 rings (SSSR count). The Hall–Kier alpha value is -3.54. The van der Waals surface area contributed by atoms with Crippen LogP contribution in [0.3, 0.4) is 0 Å². The average molecular weight is 407 g/mol. The SMILES string of the molecule is COC(=O)C1=C(C)N(CCc2ccccc2)C(=O)/C1=C\c1cccc(OC)c1OC. The van der Waals surface area contributed by atoms with Gasteiger partial charge in [0, 0.05) is 17.8 Å². The summed E-state index contributed by atoms with van der Waals surface area (Å²) in [5.41, 5.74) is 2.87. The lowest BCUT2D eigenvalue weighted by Crippen LogP contribution is -2.27. The number of carbonyl (C=O) groups excluding carboxylic acids is 2. The van der Waals surface area contributed by atoms with Gasteiger partial charge in [0.25, 0.3) is 5.91 Å². The Morgan fingerprint density at radius 3 is 2.37 bits per heavy atom. The normalized spacial score (nSPS) is 15.0. The molecule has 0 atom stereocenters. The second-order valence-electron chi connectivity index (χ2n) is 6.79. The van der Waals surface area contributed by atoms with Gasteiger partial charge >= 0.3 is 5.97 Å². The molecule has 0 unspecified atom stereocenters. The molecule has 0 aromatic heterocycles. The molecule has 30 heavy (non-hydrogen) atoms. The summed E-state index contributed by atoms with van der Waals surface area (Å²) < 4.78 is 15.8. The van der Waals surface area contributed by atoms with Gasteiger partial charge in [-0.2, -0.15) is 0 Å². The van der Waals surface area contributed by atoms with Gasteiger partial charge in [0.15, 0.2) is 11.5 Å². The maximum absolute atomic E-state index is 13.3. The number of methoxy groups -OCH3 is 3. The van der Waals surface area contributed by atoms with Crippen molar-refractivity contribution in [3.05, 3.63) is 76.5 Å². The highest BCUT2D eigenvalue weighted by atomic mass is 16.5. The van der Waals surface area contributed by atoms with Gasteiger partial charge in [-0.3, -0.25) is 4.79 Å². The first-order valence-corrected chi connectivity index (χ1v) is 9.59. The number of hydrogen-bond acceptors (Lipinski definition) is 5. The summed E-state index contributed by atoms with van der Waals surface area (Å²) in [6.07, 6.45) is 2.33. The quantitative estimate of drug-likeness (QED) is 0.518. The average Bonchev–Trinajstić information content (AvgIpc) is 3.01. The van der Waals surface area contributed by atoms with Crippen molar-refractivity contribution in [2.24, 2.45) is 0 Å². The third-order valence-electron chi connectivity index (χ3n) is 5.10. The lowest BCUT2D eigenvalue weighted by atomic mass is 10.0. The highest BCUT2D eigenvalue weighted by Crippen LogP contribution is 2.36. The Bertz CT molecular complexity index is 1010. The van der Waals surface area contributed by atoms with Crippen LogP contribution in [0.1, 0.15) is 18.1 Å². The number of amides is 1. The summed E-state index contributed by atoms with van der Waals surface area (Å²) >= 11 is 0. The number of nitrogens with zero attached hydrogens (tertiary/aromatic N) is 1. The van der Waals surface area contributed by atoms with Crippen molar-refractivity contribution in [3.63, 3.8) is 0 Å². The van der Waals surface area contributed by atoms with Gasteiger partial charge in [0.1, 0.15) is 0 Å². The van der Waals surface area contributed by atoms with Gasteiger partial charge in [0.2, 0.25) is 0 Å². The first-order valence-electron chi connectivity index (χ1n) is 9.59. The number of allylic oxidation sites excluding steroid dienone is 1. The molecule has 1 aliphatic heterocycles. The molecule has 0 aliphatic carbocycles. The van der Waals surface area contributed by atoms with Crippen LogP contribution < -0.4 is 9.47 Å². The van der Waals surface area contributed by atoms with Crippen molar-refractivity contribution in [1.82, 2.24) is 4.90 Å². The van der Waals surface area contributed by atoms with Crippen LogP contribution in [0, 0.1) is 0 Å². The van der Waals surface area contributed by atoms with E-state index in [9.17, 15) is 9.59 Å². The molecule has 0 saturated heterocycles. The van der Waals surface area contributed by atoms with E-state index in [4.69, 9.17) is 14.2 Å². The van der Waals surface area contributed by atoms with Crippen molar-refractivity contribution in [2.45, 2.75) is 13.3 Å². The molecule has 1 heterocycles. The molecule has 0 saturated carbocycles. The number of benzene rings is 2. The van der Waals surface area contributed by atoms with E-state index in [2.05, 4.69) is 0 Å². The number of rotatable bonds is 7. The maximum Gasteiger partial charge on any atom is 0.340 e. The first-order chi connectivity index (χ1) is 14.5. The topological polar surface area (TPSA) is 65.1 Å². The fourth-order valence-electron chi connectivity index (χ4n) is 3.56. The Kier molecular flexibility index (Phi) is 6.57. The predicted molar refractivity (Wildman–Crippen MR) is 114 cm³/mol. The van der Waals surface area contributed by atoms with Crippen LogP contribution in [0.4, 0.5) is 0 Å². The summed E-state index contributed by atoms with van der Waals surface area (Å²) in [4.78, 5) is 27.4. The second kappa shape index (κ2) is 9.31. The Morgan fingerprint density at radius 2 is 1.73 bits per heavy atom. The van der Waals surface area contributed by atoms with Crippen molar-refractivity contribution < 1.29 is 23.8 Å². The number of ether oxygens (including phenoxy) is 3. The lowest BCUT2D eigenvalue weighted by Gasteiger charge is -2.17. The van der Waals surface area contributed by atoms with E-state index in [1.54, 1.807) is 43.2 Å². The van der Waals surface area contributed by atoms with Crippen molar-refractivity contribution in [1.29, 1.82) is 0 Å². The first kappa shape index (κ1) is 21.2. The summed E-state index contributed by atoms with van der Waals surface area (Å²) in [7, 11) is 4.39. The molecule has 0 bridgehead atoms. The van der Waals surface area contributed by atoms with E-state index in [0.29, 0.717) is 35.7 Å². The van der Waals surface area contributed by atoms with E-state index in [0.717, 1.165) is 5.56 Å². The van der Waals surface area contributed by atoms with Crippen LogP contribution in [-0.4, -0.2) is 44.7 Å². The third kappa shape index (κ3) is 4.08. The maximum atomic E-state index is 13.3. The van der Waals surface area contributed by atoms with Crippen molar-refractivity contribution >= 4 is 18.0 Å². The van der Waals surface area contributed by atoms with Crippen LogP contribution in [0.15, 0.2) is 65.4 Å². The predicted octanol–water partition coefficient (Wildman–Crippen LogP) is 3.62. The van der Waals surface area contributed by atoms with E-state index >= 15 is 0 Å². The summed E-state index contributed by atoms with van der Waals surface area (Å²) in [5.74, 6) is 0.244. The van der Waals surface area contributed by atoms with Gasteiger partial charge < -0.3 is 19.1 Å². The number of hydrogen-bond donors (Lipinski definition) is 0. The monoisotopic (exact) mass is 407 g/mol. The molecule has 6 nitrogen and oxygen atoms in total. The van der Waals surface area contributed by atoms with E-state index in [1.165, 1.54) is 14.2 Å². The minimum atomic E-state index is -0.545. The van der Waals surface area contributed by atoms with Gasteiger partial charge in [0.05, 0.1) is 32.5 Å². The highest BCUT2D eigenvalue weighted by molar-refractivity contribution is 6.16. The minimum absolute atomic E-state index is 0.242. The van der Waals surface area contributed by atoms with E-state index in [1.807, 2.05) is 30.3 Å². The lowest BCUT2D eigenvalue weighted by molar-refractivity contribution is -0.136. The number of carbonyl (C=O) groups is 2. The highest BCUT2D eigenvalue weighted by Gasteiger charge is 2.37. The number of esters is 1. The molecule has 0 spiro atoms. The summed E-state index contributed by atoms with van der Waals surface area (Å²) in [6.45, 7) is 2.22. The van der Waals surface area contributed by atoms with E-state index in [-0.39, 0.29) is 17.1 Å². The van der Waals surface area contributed by atoms with Gasteiger partial charge in [-0.1, -0.05) is 42.5 Å². The van der Waals surface area contributed by atoms with Gasteiger partial charge in [-0.15, -0.1) is 0 Å². The van der Waals surface area contributed by atoms with Crippen molar-refractivity contribution in [3.8, 4) is 11.5 Å².